The Labute approximate surface area is 146 Å². The largest absolute Gasteiger partial charge is 0.384 e. The van der Waals surface area contributed by atoms with Crippen LogP contribution in [0.25, 0.3) is 10.9 Å². The predicted octanol–water partition coefficient (Wildman–Crippen LogP) is 0.364. The third-order valence-corrected chi connectivity index (χ3v) is 6.04. The number of rotatable bonds is 5. The summed E-state index contributed by atoms with van der Waals surface area (Å²) in [4.78, 5) is 22.8. The Balaban J connectivity index is 1.71. The average Bonchev–Trinajstić information content (AvgIpc) is 2.65. The molecule has 1 fully saturated rings. The number of amides is 1. The molecule has 0 spiro atoms. The summed E-state index contributed by atoms with van der Waals surface area (Å²) in [7, 11) is -1.88. The van der Waals surface area contributed by atoms with Crippen LogP contribution in [-0.2, 0) is 14.8 Å². The number of ether oxygens (including phenoxy) is 1. The first kappa shape index (κ1) is 17.7. The third-order valence-electron chi connectivity index (χ3n) is 4.21. The van der Waals surface area contributed by atoms with Gasteiger partial charge in [0.05, 0.1) is 23.4 Å². The normalized spacial score (nSPS) is 16.3. The van der Waals surface area contributed by atoms with Crippen molar-refractivity contribution in [3.05, 3.63) is 36.3 Å². The van der Waals surface area contributed by atoms with Crippen molar-refractivity contribution in [1.29, 1.82) is 0 Å². The van der Waals surface area contributed by atoms with Crippen molar-refractivity contribution in [2.75, 3.05) is 45.6 Å². The second-order valence-electron chi connectivity index (χ2n) is 5.76. The number of carbonyl (C=O) groups excluding carboxylic acids is 1. The smallest absolute Gasteiger partial charge is 0.257 e. The Morgan fingerprint density at radius 2 is 2.00 bits per heavy atom. The van der Waals surface area contributed by atoms with Crippen LogP contribution in [-0.4, -0.2) is 79.1 Å². The summed E-state index contributed by atoms with van der Waals surface area (Å²) < 4.78 is 30.6. The molecule has 0 saturated carbocycles. The van der Waals surface area contributed by atoms with Gasteiger partial charge in [-0.3, -0.25) is 14.8 Å². The molecule has 25 heavy (non-hydrogen) atoms. The Hall–Kier alpha value is -2.10. The molecule has 1 amide bonds. The molecule has 2 aromatic rings. The summed E-state index contributed by atoms with van der Waals surface area (Å²) >= 11 is 0. The highest BCUT2D eigenvalue weighted by atomic mass is 32.2. The van der Waals surface area contributed by atoms with Crippen LogP contribution in [0.3, 0.4) is 0 Å². The van der Waals surface area contributed by atoms with Gasteiger partial charge in [0.25, 0.3) is 5.91 Å². The number of pyridine rings is 2. The zero-order valence-electron chi connectivity index (χ0n) is 14.0. The highest BCUT2D eigenvalue weighted by Gasteiger charge is 2.29. The minimum Gasteiger partial charge on any atom is -0.384 e. The molecule has 3 heterocycles. The zero-order valence-corrected chi connectivity index (χ0v) is 14.8. The monoisotopic (exact) mass is 364 g/mol. The van der Waals surface area contributed by atoms with Gasteiger partial charge < -0.3 is 9.64 Å². The summed E-state index contributed by atoms with van der Waals surface area (Å²) in [5.41, 5.74) is 1.05. The topological polar surface area (TPSA) is 92.7 Å². The van der Waals surface area contributed by atoms with E-state index in [4.69, 9.17) is 4.74 Å². The maximum atomic E-state index is 12.8. The van der Waals surface area contributed by atoms with Crippen molar-refractivity contribution in [1.82, 2.24) is 19.2 Å². The maximum Gasteiger partial charge on any atom is 0.257 e. The summed E-state index contributed by atoms with van der Waals surface area (Å²) in [5, 5.41) is 0.800. The van der Waals surface area contributed by atoms with Crippen LogP contribution in [0.1, 0.15) is 10.4 Å². The van der Waals surface area contributed by atoms with E-state index < -0.39 is 10.0 Å². The van der Waals surface area contributed by atoms with Gasteiger partial charge in [-0.05, 0) is 12.1 Å². The van der Waals surface area contributed by atoms with Gasteiger partial charge in [0.1, 0.15) is 0 Å². The van der Waals surface area contributed by atoms with Crippen molar-refractivity contribution in [3.8, 4) is 0 Å². The number of aromatic nitrogens is 2. The zero-order chi connectivity index (χ0) is 17.9. The van der Waals surface area contributed by atoms with E-state index in [1.54, 1.807) is 23.4 Å². The highest BCUT2D eigenvalue weighted by molar-refractivity contribution is 7.89. The molecule has 0 aromatic carbocycles. The first-order valence-corrected chi connectivity index (χ1v) is 9.58. The van der Waals surface area contributed by atoms with E-state index >= 15 is 0 Å². The van der Waals surface area contributed by atoms with E-state index in [2.05, 4.69) is 9.97 Å². The number of carbonyl (C=O) groups is 1. The van der Waals surface area contributed by atoms with Crippen LogP contribution in [0, 0.1) is 0 Å². The van der Waals surface area contributed by atoms with Gasteiger partial charge >= 0.3 is 0 Å². The average molecular weight is 364 g/mol. The summed E-state index contributed by atoms with van der Waals surface area (Å²) in [6.45, 7) is 1.41. The van der Waals surface area contributed by atoms with E-state index in [-0.39, 0.29) is 31.4 Å². The van der Waals surface area contributed by atoms with Crippen LogP contribution >= 0.6 is 0 Å². The number of piperazine rings is 1. The molecule has 0 N–H and O–H groups in total. The summed E-state index contributed by atoms with van der Waals surface area (Å²) in [6, 6.07) is 3.65. The number of methoxy groups -OCH3 is 1. The lowest BCUT2D eigenvalue weighted by atomic mass is 10.1. The molecule has 2 aromatic heterocycles. The SMILES string of the molecule is COCCS(=O)(=O)N1CCN(C(=O)c2cncc3cccnc23)CC1. The number of nitrogens with zero attached hydrogens (tertiary/aromatic N) is 4. The van der Waals surface area contributed by atoms with Gasteiger partial charge in [0, 0.05) is 57.3 Å². The van der Waals surface area contributed by atoms with Gasteiger partial charge in [-0.1, -0.05) is 0 Å². The van der Waals surface area contributed by atoms with Crippen molar-refractivity contribution >= 4 is 26.8 Å². The quantitative estimate of drug-likeness (QED) is 0.761. The summed E-state index contributed by atoms with van der Waals surface area (Å²) in [6.07, 6.45) is 4.82. The molecule has 3 rings (SSSR count). The first-order chi connectivity index (χ1) is 12.0. The Kier molecular flexibility index (Phi) is 5.26. The Morgan fingerprint density at radius 3 is 2.72 bits per heavy atom. The molecule has 0 atom stereocenters. The van der Waals surface area contributed by atoms with E-state index in [1.165, 1.54) is 17.6 Å². The molecular formula is C16H20N4O4S. The minimum absolute atomic E-state index is 0.0470. The van der Waals surface area contributed by atoms with Gasteiger partial charge in [-0.25, -0.2) is 8.42 Å². The number of hydrogen-bond donors (Lipinski definition) is 0. The first-order valence-electron chi connectivity index (χ1n) is 7.98. The van der Waals surface area contributed by atoms with Crippen LogP contribution in [0.15, 0.2) is 30.7 Å². The molecule has 8 nitrogen and oxygen atoms in total. The molecule has 0 radical (unpaired) electrons. The number of sulfonamides is 1. The van der Waals surface area contributed by atoms with E-state index in [1.807, 2.05) is 6.07 Å². The van der Waals surface area contributed by atoms with Crippen molar-refractivity contribution in [2.24, 2.45) is 0 Å². The number of hydrogen-bond acceptors (Lipinski definition) is 6. The van der Waals surface area contributed by atoms with Gasteiger partial charge in [-0.2, -0.15) is 4.31 Å². The van der Waals surface area contributed by atoms with E-state index in [0.717, 1.165) is 5.39 Å². The lowest BCUT2D eigenvalue weighted by molar-refractivity contribution is 0.0698. The van der Waals surface area contributed by atoms with E-state index in [9.17, 15) is 13.2 Å². The molecule has 1 aliphatic heterocycles. The molecule has 134 valence electrons. The lowest BCUT2D eigenvalue weighted by Gasteiger charge is -2.34. The predicted molar refractivity (Wildman–Crippen MR) is 92.7 cm³/mol. The van der Waals surface area contributed by atoms with Crippen molar-refractivity contribution in [3.63, 3.8) is 0 Å². The molecule has 1 saturated heterocycles. The Bertz CT molecular complexity index is 858. The van der Waals surface area contributed by atoms with Crippen LogP contribution < -0.4 is 0 Å². The molecule has 9 heteroatoms. The molecule has 0 aliphatic carbocycles. The second-order valence-corrected chi connectivity index (χ2v) is 7.85. The molecule has 0 unspecified atom stereocenters. The van der Waals surface area contributed by atoms with Gasteiger partial charge in [0.15, 0.2) is 0 Å². The fourth-order valence-electron chi connectivity index (χ4n) is 2.81. The third kappa shape index (κ3) is 3.78. The van der Waals surface area contributed by atoms with Crippen LogP contribution in [0.4, 0.5) is 0 Å². The summed E-state index contributed by atoms with van der Waals surface area (Å²) in [5.74, 6) is -0.222. The standard InChI is InChI=1S/C16H20N4O4S/c1-24-9-10-25(22,23)20-7-5-19(6-8-20)16(21)14-12-17-11-13-3-2-4-18-15(13)14/h2-4,11-12H,5-10H2,1H3. The van der Waals surface area contributed by atoms with Crippen molar-refractivity contribution < 1.29 is 17.9 Å². The fraction of sp³-hybridized carbons (Fsp3) is 0.438. The highest BCUT2D eigenvalue weighted by Crippen LogP contribution is 2.18. The Morgan fingerprint density at radius 1 is 1.24 bits per heavy atom. The molecule has 0 bridgehead atoms. The molecular weight excluding hydrogens is 344 g/mol. The van der Waals surface area contributed by atoms with Gasteiger partial charge in [-0.15, -0.1) is 0 Å². The van der Waals surface area contributed by atoms with E-state index in [0.29, 0.717) is 24.2 Å². The lowest BCUT2D eigenvalue weighted by Crippen LogP contribution is -2.51. The maximum absolute atomic E-state index is 12.8. The second kappa shape index (κ2) is 7.42. The molecule has 1 aliphatic rings. The number of fused-ring (bicyclic) bond motifs is 1. The van der Waals surface area contributed by atoms with Gasteiger partial charge in [0.2, 0.25) is 10.0 Å². The fourth-order valence-corrected chi connectivity index (χ4v) is 4.17. The van der Waals surface area contributed by atoms with Crippen molar-refractivity contribution in [2.45, 2.75) is 0 Å². The minimum atomic E-state index is -3.35. The van der Waals surface area contributed by atoms with Crippen LogP contribution in [0.2, 0.25) is 0 Å². The van der Waals surface area contributed by atoms with Crippen LogP contribution in [0.5, 0.6) is 0 Å².